The Hall–Kier alpha value is -0.690. The van der Waals surface area contributed by atoms with Gasteiger partial charge in [-0.25, -0.2) is 8.78 Å². The highest BCUT2D eigenvalue weighted by molar-refractivity contribution is 4.86. The molecule has 0 aromatic heterocycles. The fourth-order valence-corrected chi connectivity index (χ4v) is 1.31. The fraction of sp³-hybridized carbons (Fsp3) is 0.875. The summed E-state index contributed by atoms with van der Waals surface area (Å²) in [7, 11) is 0. The Bertz CT molecular complexity index is 188. The molecule has 12 heavy (non-hydrogen) atoms. The monoisotopic (exact) mass is 175 g/mol. The molecule has 1 atom stereocenters. The summed E-state index contributed by atoms with van der Waals surface area (Å²) in [6, 6.07) is 1.79. The van der Waals surface area contributed by atoms with E-state index in [1.165, 1.54) is 0 Å². The molecular formula is C8H11F2NO. The van der Waals surface area contributed by atoms with Crippen molar-refractivity contribution in [1.29, 1.82) is 5.26 Å². The van der Waals surface area contributed by atoms with E-state index in [4.69, 9.17) is 10.00 Å². The Kier molecular flexibility index (Phi) is 2.99. The number of nitrogens with zero attached hydrogens (tertiary/aromatic N) is 1. The van der Waals surface area contributed by atoms with E-state index in [9.17, 15) is 8.78 Å². The third-order valence-electron chi connectivity index (χ3n) is 2.13. The van der Waals surface area contributed by atoms with E-state index in [2.05, 4.69) is 0 Å². The van der Waals surface area contributed by atoms with E-state index in [1.807, 2.05) is 0 Å². The van der Waals surface area contributed by atoms with Crippen LogP contribution >= 0.6 is 0 Å². The fourth-order valence-electron chi connectivity index (χ4n) is 1.31. The van der Waals surface area contributed by atoms with Crippen molar-refractivity contribution in [3.8, 4) is 6.07 Å². The van der Waals surface area contributed by atoms with Gasteiger partial charge in [0.15, 0.2) is 0 Å². The third kappa shape index (κ3) is 2.15. The topological polar surface area (TPSA) is 33.0 Å². The van der Waals surface area contributed by atoms with Crippen molar-refractivity contribution in [3.05, 3.63) is 0 Å². The van der Waals surface area contributed by atoms with Crippen LogP contribution in [0.15, 0.2) is 0 Å². The van der Waals surface area contributed by atoms with Crippen LogP contribution in [0, 0.1) is 17.2 Å². The summed E-state index contributed by atoms with van der Waals surface area (Å²) in [4.78, 5) is 0. The minimum Gasteiger partial charge on any atom is -0.381 e. The lowest BCUT2D eigenvalue weighted by molar-refractivity contribution is -0.0614. The molecule has 1 heterocycles. The molecule has 1 saturated heterocycles. The first kappa shape index (κ1) is 9.40. The maximum absolute atomic E-state index is 13.1. The Morgan fingerprint density at radius 1 is 1.50 bits per heavy atom. The first-order valence-electron chi connectivity index (χ1n) is 3.99. The number of nitriles is 1. The van der Waals surface area contributed by atoms with Crippen LogP contribution in [0.2, 0.25) is 0 Å². The lowest BCUT2D eigenvalue weighted by atomic mass is 9.94. The van der Waals surface area contributed by atoms with Gasteiger partial charge in [-0.05, 0) is 6.42 Å². The minimum absolute atomic E-state index is 0.0731. The summed E-state index contributed by atoms with van der Waals surface area (Å²) in [6.07, 6.45) is -0.0315. The van der Waals surface area contributed by atoms with E-state index in [1.54, 1.807) is 6.07 Å². The van der Waals surface area contributed by atoms with Crippen LogP contribution in [-0.4, -0.2) is 19.1 Å². The zero-order valence-corrected chi connectivity index (χ0v) is 6.72. The Morgan fingerprint density at radius 2 is 2.25 bits per heavy atom. The average Bonchev–Trinajstić information content (AvgIpc) is 2.15. The number of hydrogen-bond acceptors (Lipinski definition) is 2. The minimum atomic E-state index is -2.72. The summed E-state index contributed by atoms with van der Waals surface area (Å²) < 4.78 is 31.1. The molecule has 1 fully saturated rings. The number of alkyl halides is 2. The molecule has 0 aromatic rings. The largest absolute Gasteiger partial charge is 0.381 e. The van der Waals surface area contributed by atoms with Gasteiger partial charge in [0.05, 0.1) is 12.7 Å². The molecule has 1 rings (SSSR count). The van der Waals surface area contributed by atoms with E-state index in [0.717, 1.165) is 0 Å². The van der Waals surface area contributed by atoms with Crippen LogP contribution in [0.5, 0.6) is 0 Å². The second-order valence-corrected chi connectivity index (χ2v) is 2.97. The zero-order chi connectivity index (χ0) is 9.03. The molecule has 1 aliphatic heterocycles. The van der Waals surface area contributed by atoms with Crippen LogP contribution in [-0.2, 0) is 4.74 Å². The first-order valence-corrected chi connectivity index (χ1v) is 3.99. The smallest absolute Gasteiger partial charge is 0.254 e. The molecule has 0 spiro atoms. The molecule has 0 aliphatic carbocycles. The highest BCUT2D eigenvalue weighted by Crippen LogP contribution is 2.34. The van der Waals surface area contributed by atoms with Crippen molar-refractivity contribution < 1.29 is 13.5 Å². The second kappa shape index (κ2) is 3.81. The average molecular weight is 175 g/mol. The van der Waals surface area contributed by atoms with Crippen molar-refractivity contribution >= 4 is 0 Å². The molecule has 1 aliphatic rings. The quantitative estimate of drug-likeness (QED) is 0.610. The van der Waals surface area contributed by atoms with E-state index in [-0.39, 0.29) is 19.4 Å². The van der Waals surface area contributed by atoms with Gasteiger partial charge >= 0.3 is 0 Å². The van der Waals surface area contributed by atoms with Crippen molar-refractivity contribution in [2.45, 2.75) is 25.2 Å². The lowest BCUT2D eigenvalue weighted by Crippen LogP contribution is -2.27. The molecule has 1 unspecified atom stereocenters. The highest BCUT2D eigenvalue weighted by Gasteiger charge is 2.40. The van der Waals surface area contributed by atoms with Gasteiger partial charge in [0, 0.05) is 25.4 Å². The van der Waals surface area contributed by atoms with Crippen molar-refractivity contribution in [2.75, 3.05) is 13.2 Å². The van der Waals surface area contributed by atoms with Crippen molar-refractivity contribution in [3.63, 3.8) is 0 Å². The Labute approximate surface area is 70.1 Å². The van der Waals surface area contributed by atoms with Gasteiger partial charge in [0.1, 0.15) is 0 Å². The van der Waals surface area contributed by atoms with E-state index < -0.39 is 11.8 Å². The third-order valence-corrected chi connectivity index (χ3v) is 2.13. The number of rotatable bonds is 1. The van der Waals surface area contributed by atoms with Gasteiger partial charge in [-0.2, -0.15) is 5.26 Å². The Morgan fingerprint density at radius 3 is 2.92 bits per heavy atom. The molecule has 0 saturated carbocycles. The summed E-state index contributed by atoms with van der Waals surface area (Å²) >= 11 is 0. The van der Waals surface area contributed by atoms with E-state index in [0.29, 0.717) is 13.0 Å². The van der Waals surface area contributed by atoms with E-state index >= 15 is 0 Å². The standard InChI is InChI=1S/C8H11F2NO/c9-8(10)3-6-12-5-2-7(8)1-4-11/h7H,1-3,5-6H2. The maximum atomic E-state index is 13.1. The zero-order valence-electron chi connectivity index (χ0n) is 6.72. The molecule has 0 N–H and O–H groups in total. The lowest BCUT2D eigenvalue weighted by Gasteiger charge is -2.20. The van der Waals surface area contributed by atoms with Crippen molar-refractivity contribution in [2.24, 2.45) is 5.92 Å². The van der Waals surface area contributed by atoms with Gasteiger partial charge in [0.25, 0.3) is 5.92 Å². The van der Waals surface area contributed by atoms with Crippen LogP contribution in [0.25, 0.3) is 0 Å². The van der Waals surface area contributed by atoms with Crippen molar-refractivity contribution in [1.82, 2.24) is 0 Å². The molecular weight excluding hydrogens is 164 g/mol. The predicted octanol–water partition coefficient (Wildman–Crippen LogP) is 1.96. The summed E-state index contributed by atoms with van der Waals surface area (Å²) in [5.74, 6) is -3.53. The van der Waals surface area contributed by atoms with Crippen LogP contribution in [0.3, 0.4) is 0 Å². The Balaban J connectivity index is 2.60. The highest BCUT2D eigenvalue weighted by atomic mass is 19.3. The number of hydrogen-bond donors (Lipinski definition) is 0. The van der Waals surface area contributed by atoms with Crippen LogP contribution in [0.4, 0.5) is 8.78 Å². The molecule has 0 radical (unpaired) electrons. The molecule has 68 valence electrons. The summed E-state index contributed by atoms with van der Waals surface area (Å²) in [5, 5.41) is 8.32. The summed E-state index contributed by atoms with van der Waals surface area (Å²) in [6.45, 7) is 0.455. The van der Waals surface area contributed by atoms with Gasteiger partial charge < -0.3 is 4.74 Å². The first-order chi connectivity index (χ1) is 5.67. The van der Waals surface area contributed by atoms with Gasteiger partial charge in [-0.1, -0.05) is 0 Å². The number of ether oxygens (including phenoxy) is 1. The van der Waals surface area contributed by atoms with Gasteiger partial charge in [-0.15, -0.1) is 0 Å². The van der Waals surface area contributed by atoms with Gasteiger partial charge in [-0.3, -0.25) is 0 Å². The normalized spacial score (nSPS) is 28.9. The molecule has 0 aromatic carbocycles. The second-order valence-electron chi connectivity index (χ2n) is 2.97. The maximum Gasteiger partial charge on any atom is 0.254 e. The predicted molar refractivity (Wildman–Crippen MR) is 38.7 cm³/mol. The summed E-state index contributed by atoms with van der Waals surface area (Å²) in [5.41, 5.74) is 0. The van der Waals surface area contributed by atoms with Crippen LogP contribution < -0.4 is 0 Å². The SMILES string of the molecule is N#CCC1CCOCCC1(F)F. The van der Waals surface area contributed by atoms with Gasteiger partial charge in [0.2, 0.25) is 0 Å². The molecule has 0 bridgehead atoms. The molecule has 0 amide bonds. The van der Waals surface area contributed by atoms with Crippen LogP contribution in [0.1, 0.15) is 19.3 Å². The molecule has 4 heteroatoms. The molecule has 2 nitrogen and oxygen atoms in total. The number of halogens is 2.